The van der Waals surface area contributed by atoms with E-state index in [0.717, 1.165) is 19.6 Å². The highest BCUT2D eigenvalue weighted by Crippen LogP contribution is 2.22. The predicted octanol–water partition coefficient (Wildman–Crippen LogP) is 4.37. The number of rotatable bonds is 6. The first-order chi connectivity index (χ1) is 12.4. The van der Waals surface area contributed by atoms with Gasteiger partial charge in [0.2, 0.25) is 0 Å². The van der Waals surface area contributed by atoms with E-state index in [4.69, 9.17) is 0 Å². The van der Waals surface area contributed by atoms with Gasteiger partial charge in [-0.2, -0.15) is 0 Å². The molecule has 0 aliphatic rings. The molecule has 4 aromatic rings. The van der Waals surface area contributed by atoms with Crippen LogP contribution < -0.4 is 5.32 Å². The van der Waals surface area contributed by atoms with Gasteiger partial charge >= 0.3 is 0 Å². The number of benzene rings is 2. The Morgan fingerprint density at radius 1 is 0.800 bits per heavy atom. The van der Waals surface area contributed by atoms with Gasteiger partial charge in [-0.05, 0) is 28.8 Å². The van der Waals surface area contributed by atoms with Gasteiger partial charge in [-0.15, -0.1) is 0 Å². The number of hydrogen-bond donors (Lipinski definition) is 1. The molecule has 0 radical (unpaired) electrons. The molecule has 0 spiro atoms. The Bertz CT molecular complexity index is 943. The number of nitrogens with one attached hydrogen (secondary N) is 1. The fourth-order valence-electron chi connectivity index (χ4n) is 3.22. The van der Waals surface area contributed by atoms with Crippen molar-refractivity contribution in [3.8, 4) is 0 Å². The van der Waals surface area contributed by atoms with E-state index in [2.05, 4.69) is 81.7 Å². The Hall–Kier alpha value is -2.91. The Morgan fingerprint density at radius 3 is 2.44 bits per heavy atom. The lowest BCUT2D eigenvalue weighted by Gasteiger charge is -2.05. The van der Waals surface area contributed by atoms with E-state index in [0.29, 0.717) is 0 Å². The van der Waals surface area contributed by atoms with Crippen LogP contribution in [0.25, 0.3) is 10.9 Å². The molecular formula is C22H21N3. The molecule has 1 N–H and O–H groups in total. The molecule has 0 atom stereocenters. The van der Waals surface area contributed by atoms with Gasteiger partial charge in [0, 0.05) is 49.1 Å². The van der Waals surface area contributed by atoms with Crippen LogP contribution in [0.3, 0.4) is 0 Å². The molecule has 2 aromatic carbocycles. The maximum Gasteiger partial charge on any atom is 0.0486 e. The van der Waals surface area contributed by atoms with Crippen LogP contribution in [0.2, 0.25) is 0 Å². The zero-order valence-electron chi connectivity index (χ0n) is 14.1. The van der Waals surface area contributed by atoms with E-state index in [1.807, 2.05) is 12.3 Å². The summed E-state index contributed by atoms with van der Waals surface area (Å²) in [6.07, 6.45) is 5.99. The van der Waals surface area contributed by atoms with Crippen molar-refractivity contribution in [1.82, 2.24) is 14.9 Å². The average molecular weight is 327 g/mol. The Morgan fingerprint density at radius 2 is 1.60 bits per heavy atom. The van der Waals surface area contributed by atoms with Crippen molar-refractivity contribution in [2.75, 3.05) is 0 Å². The molecule has 4 rings (SSSR count). The lowest BCUT2D eigenvalue weighted by atomic mass is 10.1. The Balaban J connectivity index is 1.54. The molecular weight excluding hydrogens is 306 g/mol. The Labute approximate surface area is 148 Å². The van der Waals surface area contributed by atoms with Crippen molar-refractivity contribution in [2.45, 2.75) is 19.6 Å². The molecule has 0 amide bonds. The second-order valence-electron chi connectivity index (χ2n) is 6.25. The molecule has 0 saturated carbocycles. The zero-order valence-corrected chi connectivity index (χ0v) is 14.1. The molecule has 3 heteroatoms. The maximum absolute atomic E-state index is 4.17. The SMILES string of the molecule is c1ccc(Cn2cc(CNCc3cccnc3)c3ccccc32)cc1. The van der Waals surface area contributed by atoms with Gasteiger partial charge in [-0.1, -0.05) is 54.6 Å². The molecule has 0 aliphatic carbocycles. The molecule has 25 heavy (non-hydrogen) atoms. The third-order valence-corrected chi connectivity index (χ3v) is 4.43. The van der Waals surface area contributed by atoms with E-state index in [1.54, 1.807) is 6.20 Å². The summed E-state index contributed by atoms with van der Waals surface area (Å²) in [6, 6.07) is 23.3. The number of pyridine rings is 1. The number of aromatic nitrogens is 2. The largest absolute Gasteiger partial charge is 0.343 e. The van der Waals surface area contributed by atoms with Gasteiger partial charge in [0.15, 0.2) is 0 Å². The summed E-state index contributed by atoms with van der Waals surface area (Å²) in [5, 5.41) is 4.85. The fourth-order valence-corrected chi connectivity index (χ4v) is 3.22. The summed E-state index contributed by atoms with van der Waals surface area (Å²) in [4.78, 5) is 4.17. The first kappa shape index (κ1) is 15.6. The first-order valence-corrected chi connectivity index (χ1v) is 8.60. The Kier molecular flexibility index (Phi) is 4.57. The van der Waals surface area contributed by atoms with Crippen molar-refractivity contribution < 1.29 is 0 Å². The van der Waals surface area contributed by atoms with Gasteiger partial charge in [0.25, 0.3) is 0 Å². The molecule has 124 valence electrons. The average Bonchev–Trinajstić information content (AvgIpc) is 3.01. The van der Waals surface area contributed by atoms with E-state index < -0.39 is 0 Å². The van der Waals surface area contributed by atoms with Crippen molar-refractivity contribution in [1.29, 1.82) is 0 Å². The van der Waals surface area contributed by atoms with Gasteiger partial charge < -0.3 is 9.88 Å². The quantitative estimate of drug-likeness (QED) is 0.570. The number of para-hydroxylation sites is 1. The van der Waals surface area contributed by atoms with Crippen molar-refractivity contribution >= 4 is 10.9 Å². The van der Waals surface area contributed by atoms with Crippen LogP contribution in [-0.2, 0) is 19.6 Å². The normalized spacial score (nSPS) is 11.0. The molecule has 3 nitrogen and oxygen atoms in total. The molecule has 0 unspecified atom stereocenters. The third kappa shape index (κ3) is 3.62. The fraction of sp³-hybridized carbons (Fsp3) is 0.136. The maximum atomic E-state index is 4.17. The molecule has 0 aliphatic heterocycles. The topological polar surface area (TPSA) is 29.9 Å². The highest BCUT2D eigenvalue weighted by Gasteiger charge is 2.08. The summed E-state index contributed by atoms with van der Waals surface area (Å²) in [5.41, 5.74) is 5.13. The van der Waals surface area contributed by atoms with Crippen LogP contribution >= 0.6 is 0 Å². The number of hydrogen-bond acceptors (Lipinski definition) is 2. The first-order valence-electron chi connectivity index (χ1n) is 8.60. The predicted molar refractivity (Wildman–Crippen MR) is 102 cm³/mol. The minimum absolute atomic E-state index is 0.825. The van der Waals surface area contributed by atoms with Crippen LogP contribution in [0.1, 0.15) is 16.7 Å². The number of nitrogens with zero attached hydrogens (tertiary/aromatic N) is 2. The second-order valence-corrected chi connectivity index (χ2v) is 6.25. The number of fused-ring (bicyclic) bond motifs is 1. The van der Waals surface area contributed by atoms with E-state index >= 15 is 0 Å². The minimum Gasteiger partial charge on any atom is -0.343 e. The molecule has 0 bridgehead atoms. The van der Waals surface area contributed by atoms with Crippen LogP contribution in [0.15, 0.2) is 85.3 Å². The van der Waals surface area contributed by atoms with Crippen LogP contribution in [0.4, 0.5) is 0 Å². The molecule has 0 saturated heterocycles. The molecule has 2 aromatic heterocycles. The third-order valence-electron chi connectivity index (χ3n) is 4.43. The van der Waals surface area contributed by atoms with Crippen molar-refractivity contribution in [3.63, 3.8) is 0 Å². The summed E-state index contributed by atoms with van der Waals surface area (Å²) in [7, 11) is 0. The monoisotopic (exact) mass is 327 g/mol. The van der Waals surface area contributed by atoms with Crippen molar-refractivity contribution in [3.05, 3.63) is 102 Å². The molecule has 0 fully saturated rings. The van der Waals surface area contributed by atoms with E-state index in [-0.39, 0.29) is 0 Å². The van der Waals surface area contributed by atoms with Crippen molar-refractivity contribution in [2.24, 2.45) is 0 Å². The van der Waals surface area contributed by atoms with Crippen LogP contribution in [0.5, 0.6) is 0 Å². The summed E-state index contributed by atoms with van der Waals surface area (Å²) in [6.45, 7) is 2.56. The zero-order chi connectivity index (χ0) is 16.9. The lowest BCUT2D eigenvalue weighted by molar-refractivity contribution is 0.690. The van der Waals surface area contributed by atoms with Crippen LogP contribution in [0, 0.1) is 0 Å². The van der Waals surface area contributed by atoms with E-state index in [9.17, 15) is 0 Å². The van der Waals surface area contributed by atoms with Crippen LogP contribution in [-0.4, -0.2) is 9.55 Å². The van der Waals surface area contributed by atoms with E-state index in [1.165, 1.54) is 27.6 Å². The van der Waals surface area contributed by atoms with Gasteiger partial charge in [-0.25, -0.2) is 0 Å². The van der Waals surface area contributed by atoms with Gasteiger partial charge in [0.1, 0.15) is 0 Å². The molecule has 2 heterocycles. The standard InChI is InChI=1S/C22H21N3/c1-2-7-18(8-3-1)16-25-17-20(21-10-4-5-11-22(21)25)15-24-14-19-9-6-12-23-13-19/h1-13,17,24H,14-16H2. The summed E-state index contributed by atoms with van der Waals surface area (Å²) in [5.74, 6) is 0. The second kappa shape index (κ2) is 7.32. The highest BCUT2D eigenvalue weighted by atomic mass is 15.0. The summed E-state index contributed by atoms with van der Waals surface area (Å²) < 4.78 is 2.34. The van der Waals surface area contributed by atoms with Gasteiger partial charge in [0.05, 0.1) is 0 Å². The smallest absolute Gasteiger partial charge is 0.0486 e. The minimum atomic E-state index is 0.825. The summed E-state index contributed by atoms with van der Waals surface area (Å²) >= 11 is 0. The lowest BCUT2D eigenvalue weighted by Crippen LogP contribution is -2.12. The van der Waals surface area contributed by atoms with Gasteiger partial charge in [-0.3, -0.25) is 4.98 Å². The highest BCUT2D eigenvalue weighted by molar-refractivity contribution is 5.84.